The van der Waals surface area contributed by atoms with E-state index in [1.165, 1.54) is 27.8 Å². The zero-order valence-corrected chi connectivity index (χ0v) is 9.39. The zero-order valence-electron chi connectivity index (χ0n) is 9.39. The smallest absolute Gasteiger partial charge is 0.109 e. The number of rotatable bonds is 0. The van der Waals surface area contributed by atoms with E-state index in [1.54, 1.807) is 0 Å². The van der Waals surface area contributed by atoms with Crippen molar-refractivity contribution < 1.29 is 4.74 Å². The van der Waals surface area contributed by atoms with Gasteiger partial charge in [-0.25, -0.2) is 0 Å². The van der Waals surface area contributed by atoms with Crippen LogP contribution in [-0.2, 0) is 11.3 Å². The first-order valence-corrected chi connectivity index (χ1v) is 5.94. The number of fused-ring (bicyclic) bond motifs is 5. The van der Waals surface area contributed by atoms with Crippen molar-refractivity contribution in [2.24, 2.45) is 0 Å². The fourth-order valence-electron chi connectivity index (χ4n) is 2.79. The summed E-state index contributed by atoms with van der Waals surface area (Å²) in [5.74, 6) is 0. The maximum Gasteiger partial charge on any atom is 0.109 e. The molecule has 0 bridgehead atoms. The lowest BCUT2D eigenvalue weighted by atomic mass is 9.94. The Kier molecular flexibility index (Phi) is 1.79. The largest absolute Gasteiger partial charge is 0.364 e. The average Bonchev–Trinajstić information content (AvgIpc) is 2.78. The molecule has 1 nitrogen and oxygen atoms in total. The molecule has 2 aromatic carbocycles. The van der Waals surface area contributed by atoms with E-state index in [2.05, 4.69) is 54.6 Å². The topological polar surface area (TPSA) is 9.23 Å². The van der Waals surface area contributed by atoms with Gasteiger partial charge in [0, 0.05) is 0 Å². The molecular formula is C16H12O. The van der Waals surface area contributed by atoms with Crippen LogP contribution in [0.4, 0.5) is 0 Å². The molecule has 2 aliphatic rings. The molecule has 0 saturated heterocycles. The van der Waals surface area contributed by atoms with Crippen molar-refractivity contribution in [1.82, 2.24) is 0 Å². The third-order valence-corrected chi connectivity index (χ3v) is 3.61. The number of hydrogen-bond acceptors (Lipinski definition) is 1. The van der Waals surface area contributed by atoms with E-state index in [9.17, 15) is 0 Å². The molecule has 0 N–H and O–H groups in total. The van der Waals surface area contributed by atoms with Gasteiger partial charge >= 0.3 is 0 Å². The first kappa shape index (κ1) is 9.20. The van der Waals surface area contributed by atoms with Crippen LogP contribution in [0.25, 0.3) is 11.6 Å². The Labute approximate surface area is 100 Å². The van der Waals surface area contributed by atoms with Gasteiger partial charge in [0.25, 0.3) is 0 Å². The maximum atomic E-state index is 5.99. The van der Waals surface area contributed by atoms with Crippen molar-refractivity contribution in [2.45, 2.75) is 12.7 Å². The Balaban J connectivity index is 1.93. The van der Waals surface area contributed by atoms with Gasteiger partial charge in [-0.2, -0.15) is 0 Å². The molecule has 0 fully saturated rings. The molecule has 1 heterocycles. The molecule has 1 aliphatic heterocycles. The molecule has 0 saturated carbocycles. The minimum absolute atomic E-state index is 0.140. The monoisotopic (exact) mass is 220 g/mol. The highest BCUT2D eigenvalue weighted by Crippen LogP contribution is 2.46. The van der Waals surface area contributed by atoms with Crippen molar-refractivity contribution in [3.8, 4) is 0 Å². The lowest BCUT2D eigenvalue weighted by Crippen LogP contribution is -2.11. The summed E-state index contributed by atoms with van der Waals surface area (Å²) < 4.78 is 5.99. The molecular weight excluding hydrogens is 208 g/mol. The van der Waals surface area contributed by atoms with E-state index in [0.717, 1.165) is 0 Å². The summed E-state index contributed by atoms with van der Waals surface area (Å²) in [6.07, 6.45) is 2.40. The third kappa shape index (κ3) is 1.23. The molecule has 1 aliphatic carbocycles. The van der Waals surface area contributed by atoms with Crippen LogP contribution in [0.3, 0.4) is 0 Å². The normalized spacial score (nSPS) is 20.2. The summed E-state index contributed by atoms with van der Waals surface area (Å²) in [7, 11) is 0. The van der Waals surface area contributed by atoms with Crippen LogP contribution in [0.2, 0.25) is 0 Å². The van der Waals surface area contributed by atoms with Gasteiger partial charge in [-0.15, -0.1) is 0 Å². The fourth-order valence-corrected chi connectivity index (χ4v) is 2.79. The predicted octanol–water partition coefficient (Wildman–Crippen LogP) is 3.81. The zero-order chi connectivity index (χ0) is 11.2. The predicted molar refractivity (Wildman–Crippen MR) is 68.3 cm³/mol. The number of ether oxygens (including phenoxy) is 1. The molecule has 0 spiro atoms. The van der Waals surface area contributed by atoms with Crippen LogP contribution in [0.15, 0.2) is 48.5 Å². The lowest BCUT2D eigenvalue weighted by Gasteiger charge is -2.25. The first-order valence-electron chi connectivity index (χ1n) is 5.94. The Bertz CT molecular complexity index is 625. The van der Waals surface area contributed by atoms with Gasteiger partial charge in [-0.1, -0.05) is 48.5 Å². The van der Waals surface area contributed by atoms with Crippen molar-refractivity contribution >= 4 is 11.6 Å². The summed E-state index contributed by atoms with van der Waals surface area (Å²) >= 11 is 0. The van der Waals surface area contributed by atoms with Crippen molar-refractivity contribution in [3.05, 3.63) is 70.8 Å². The minimum atomic E-state index is 0.140. The molecule has 17 heavy (non-hydrogen) atoms. The van der Waals surface area contributed by atoms with Crippen LogP contribution in [0.1, 0.15) is 28.4 Å². The van der Waals surface area contributed by atoms with Crippen LogP contribution in [-0.4, -0.2) is 0 Å². The number of benzene rings is 2. The molecule has 1 atom stereocenters. The van der Waals surface area contributed by atoms with Gasteiger partial charge in [0.1, 0.15) is 6.10 Å². The maximum absolute atomic E-state index is 5.99. The van der Waals surface area contributed by atoms with Crippen LogP contribution < -0.4 is 0 Å². The van der Waals surface area contributed by atoms with Crippen molar-refractivity contribution in [2.75, 3.05) is 0 Å². The highest BCUT2D eigenvalue weighted by molar-refractivity contribution is 5.92. The van der Waals surface area contributed by atoms with Gasteiger partial charge in [-0.3, -0.25) is 0 Å². The lowest BCUT2D eigenvalue weighted by molar-refractivity contribution is 0.0729. The Morgan fingerprint density at radius 2 is 1.76 bits per heavy atom. The summed E-state index contributed by atoms with van der Waals surface area (Å²) in [4.78, 5) is 0. The molecule has 4 rings (SSSR count). The van der Waals surface area contributed by atoms with Crippen LogP contribution in [0, 0.1) is 0 Å². The van der Waals surface area contributed by atoms with Crippen molar-refractivity contribution in [3.63, 3.8) is 0 Å². The van der Waals surface area contributed by atoms with Gasteiger partial charge in [0.2, 0.25) is 0 Å². The highest BCUT2D eigenvalue weighted by atomic mass is 16.5. The second-order valence-electron chi connectivity index (χ2n) is 4.58. The Morgan fingerprint density at radius 1 is 0.941 bits per heavy atom. The summed E-state index contributed by atoms with van der Waals surface area (Å²) in [5.41, 5.74) is 6.55. The Hall–Kier alpha value is -1.86. The van der Waals surface area contributed by atoms with E-state index in [0.29, 0.717) is 6.61 Å². The molecule has 82 valence electrons. The fraction of sp³-hybridized carbons (Fsp3) is 0.125. The molecule has 2 aromatic rings. The van der Waals surface area contributed by atoms with E-state index < -0.39 is 0 Å². The standard InChI is InChI=1S/C16H12O/c1-4-8-14-11(5-1)9-15-13-7-3-2-6-12(13)10-17-16(14)15/h1-9,16H,10H2. The quantitative estimate of drug-likeness (QED) is 0.656. The summed E-state index contributed by atoms with van der Waals surface area (Å²) in [5, 5.41) is 0. The third-order valence-electron chi connectivity index (χ3n) is 3.61. The molecule has 0 radical (unpaired) electrons. The summed E-state index contributed by atoms with van der Waals surface area (Å²) in [6.45, 7) is 0.715. The molecule has 1 unspecified atom stereocenters. The Morgan fingerprint density at radius 3 is 2.76 bits per heavy atom. The first-order chi connectivity index (χ1) is 8.43. The minimum Gasteiger partial charge on any atom is -0.364 e. The molecule has 0 aromatic heterocycles. The van der Waals surface area contributed by atoms with E-state index >= 15 is 0 Å². The second kappa shape index (κ2) is 3.31. The molecule has 0 amide bonds. The number of hydrogen-bond donors (Lipinski definition) is 0. The second-order valence-corrected chi connectivity index (χ2v) is 4.58. The SMILES string of the molecule is C1=C2c3ccccc3COC2c2ccccc21. The van der Waals surface area contributed by atoms with Gasteiger partial charge < -0.3 is 4.74 Å². The van der Waals surface area contributed by atoms with Crippen LogP contribution in [0.5, 0.6) is 0 Å². The van der Waals surface area contributed by atoms with E-state index in [4.69, 9.17) is 4.74 Å². The van der Waals surface area contributed by atoms with Gasteiger partial charge in [-0.05, 0) is 33.9 Å². The average molecular weight is 220 g/mol. The van der Waals surface area contributed by atoms with E-state index in [-0.39, 0.29) is 6.10 Å². The van der Waals surface area contributed by atoms with Gasteiger partial charge in [0.15, 0.2) is 0 Å². The molecule has 1 heteroatoms. The van der Waals surface area contributed by atoms with Crippen molar-refractivity contribution in [1.29, 1.82) is 0 Å². The van der Waals surface area contributed by atoms with Gasteiger partial charge in [0.05, 0.1) is 6.61 Å². The van der Waals surface area contributed by atoms with E-state index in [1.807, 2.05) is 0 Å². The summed E-state index contributed by atoms with van der Waals surface area (Å²) in [6, 6.07) is 17.0. The van der Waals surface area contributed by atoms with Crippen LogP contribution >= 0.6 is 0 Å². The highest BCUT2D eigenvalue weighted by Gasteiger charge is 2.31.